The van der Waals surface area contributed by atoms with E-state index >= 15 is 0 Å². The minimum atomic E-state index is 0.694. The van der Waals surface area contributed by atoms with E-state index < -0.39 is 0 Å². The SMILES string of the molecule is CC.CC.CC1C=C2CCC3C(CCC[C@]4(C)CCCC34)C2=CCC1.CCOCC. The van der Waals surface area contributed by atoms with Crippen LogP contribution in [-0.4, -0.2) is 13.2 Å². The average Bonchev–Trinajstić information content (AvgIpc) is 2.95. The van der Waals surface area contributed by atoms with E-state index in [1.165, 1.54) is 64.2 Å². The Labute approximate surface area is 190 Å². The van der Waals surface area contributed by atoms with Gasteiger partial charge in [-0.25, -0.2) is 0 Å². The molecule has 0 aromatic rings. The lowest BCUT2D eigenvalue weighted by Crippen LogP contribution is -2.33. The molecule has 4 unspecified atom stereocenters. The Morgan fingerprint density at radius 2 is 1.57 bits per heavy atom. The Kier molecular flexibility index (Phi) is 13.3. The standard InChI is InChI=1S/C21H32.C4H10O.2C2H6/c1-15-6-3-7-17-16(14-15)10-11-19-18(17)8-4-12-21(2)13-5-9-20(19)21;1-3-5-4-2;2*1-2/h7,14-15,18-20H,3-6,8-13H2,1-2H3;3-4H2,1-2H3;2*1-2H3/t15?,18?,19?,20?,21-;;;/m1.../s1. The summed E-state index contributed by atoms with van der Waals surface area (Å²) in [5, 5.41) is 0. The van der Waals surface area contributed by atoms with Crippen molar-refractivity contribution in [2.24, 2.45) is 29.1 Å². The summed E-state index contributed by atoms with van der Waals surface area (Å²) < 4.78 is 4.83. The van der Waals surface area contributed by atoms with E-state index in [1.54, 1.807) is 5.57 Å². The third kappa shape index (κ3) is 6.98. The van der Waals surface area contributed by atoms with Crippen molar-refractivity contribution in [2.45, 2.75) is 120 Å². The van der Waals surface area contributed by atoms with Crippen molar-refractivity contribution in [3.05, 3.63) is 23.3 Å². The molecule has 1 nitrogen and oxygen atoms in total. The Hall–Kier alpha value is -0.560. The van der Waals surface area contributed by atoms with Crippen LogP contribution in [0.5, 0.6) is 0 Å². The van der Waals surface area contributed by atoms with Gasteiger partial charge in [0.1, 0.15) is 0 Å². The summed E-state index contributed by atoms with van der Waals surface area (Å²) in [6.45, 7) is 18.7. The fourth-order valence-electron chi connectivity index (χ4n) is 6.61. The lowest BCUT2D eigenvalue weighted by Gasteiger charge is -2.42. The molecule has 4 aliphatic rings. The molecule has 0 amide bonds. The molecule has 4 aliphatic carbocycles. The first-order chi connectivity index (χ1) is 14.6. The molecule has 3 saturated carbocycles. The summed E-state index contributed by atoms with van der Waals surface area (Å²) in [6.07, 6.45) is 19.9. The molecule has 0 aromatic carbocycles. The molecule has 0 aliphatic heterocycles. The third-order valence-corrected chi connectivity index (χ3v) is 7.85. The van der Waals surface area contributed by atoms with Gasteiger partial charge in [-0.1, -0.05) is 66.5 Å². The van der Waals surface area contributed by atoms with Gasteiger partial charge in [0.15, 0.2) is 0 Å². The van der Waals surface area contributed by atoms with E-state index in [0.29, 0.717) is 5.41 Å². The van der Waals surface area contributed by atoms with Gasteiger partial charge in [0.05, 0.1) is 0 Å². The molecule has 0 aromatic heterocycles. The summed E-state index contributed by atoms with van der Waals surface area (Å²) in [6, 6.07) is 0. The zero-order chi connectivity index (χ0) is 22.6. The Morgan fingerprint density at radius 1 is 0.933 bits per heavy atom. The maximum absolute atomic E-state index is 4.83. The first-order valence-corrected chi connectivity index (χ1v) is 13.6. The highest BCUT2D eigenvalue weighted by Crippen LogP contribution is 2.59. The van der Waals surface area contributed by atoms with Gasteiger partial charge in [-0.3, -0.25) is 0 Å². The molecule has 3 fully saturated rings. The van der Waals surface area contributed by atoms with Crippen LogP contribution in [0.4, 0.5) is 0 Å². The van der Waals surface area contributed by atoms with E-state index in [2.05, 4.69) is 26.0 Å². The molecule has 0 heterocycles. The van der Waals surface area contributed by atoms with Gasteiger partial charge in [0.25, 0.3) is 0 Å². The number of allylic oxidation sites excluding steroid dienone is 4. The monoisotopic (exact) mass is 418 g/mol. The second kappa shape index (κ2) is 14.5. The van der Waals surface area contributed by atoms with Crippen LogP contribution in [0.15, 0.2) is 23.3 Å². The van der Waals surface area contributed by atoms with E-state index in [1.807, 2.05) is 47.1 Å². The Bertz CT molecular complexity index is 514. The second-order valence-corrected chi connectivity index (χ2v) is 9.54. The maximum atomic E-state index is 4.83. The molecular weight excluding hydrogens is 364 g/mol. The molecule has 4 rings (SSSR count). The largest absolute Gasteiger partial charge is 0.382 e. The fourth-order valence-corrected chi connectivity index (χ4v) is 6.61. The van der Waals surface area contributed by atoms with Crippen molar-refractivity contribution in [3.8, 4) is 0 Å². The predicted molar refractivity (Wildman–Crippen MR) is 135 cm³/mol. The molecule has 0 spiro atoms. The Balaban J connectivity index is 0.000000435. The van der Waals surface area contributed by atoms with Crippen LogP contribution in [0.1, 0.15) is 120 Å². The fraction of sp³-hybridized carbons (Fsp3) is 0.862. The molecule has 176 valence electrons. The van der Waals surface area contributed by atoms with E-state index in [4.69, 9.17) is 4.74 Å². The van der Waals surface area contributed by atoms with Gasteiger partial charge >= 0.3 is 0 Å². The minimum Gasteiger partial charge on any atom is -0.382 e. The van der Waals surface area contributed by atoms with Crippen LogP contribution in [0.25, 0.3) is 0 Å². The number of hydrogen-bond donors (Lipinski definition) is 0. The predicted octanol–water partition coefficient (Wildman–Crippen LogP) is 9.38. The zero-order valence-corrected chi connectivity index (χ0v) is 21.9. The molecule has 30 heavy (non-hydrogen) atoms. The van der Waals surface area contributed by atoms with Gasteiger partial charge in [0, 0.05) is 13.2 Å². The van der Waals surface area contributed by atoms with Crippen molar-refractivity contribution >= 4 is 0 Å². The summed E-state index contributed by atoms with van der Waals surface area (Å²) in [5.74, 6) is 3.76. The van der Waals surface area contributed by atoms with Crippen molar-refractivity contribution in [1.29, 1.82) is 0 Å². The molecule has 0 bridgehead atoms. The van der Waals surface area contributed by atoms with Crippen LogP contribution in [-0.2, 0) is 4.74 Å². The van der Waals surface area contributed by atoms with E-state index in [9.17, 15) is 0 Å². The highest BCUT2D eigenvalue weighted by molar-refractivity contribution is 5.38. The lowest BCUT2D eigenvalue weighted by molar-refractivity contribution is 0.126. The average molecular weight is 419 g/mol. The molecule has 5 atom stereocenters. The smallest absolute Gasteiger partial charge is 0.0437 e. The number of rotatable bonds is 2. The number of ether oxygens (including phenoxy) is 1. The highest BCUT2D eigenvalue weighted by Gasteiger charge is 2.48. The highest BCUT2D eigenvalue weighted by atomic mass is 16.5. The quantitative estimate of drug-likeness (QED) is 0.434. The van der Waals surface area contributed by atoms with Gasteiger partial charge in [-0.05, 0) is 105 Å². The van der Waals surface area contributed by atoms with Crippen LogP contribution in [0.3, 0.4) is 0 Å². The molecule has 0 radical (unpaired) electrons. The maximum Gasteiger partial charge on any atom is 0.0437 e. The van der Waals surface area contributed by atoms with Crippen LogP contribution in [0, 0.1) is 29.1 Å². The first-order valence-electron chi connectivity index (χ1n) is 13.6. The van der Waals surface area contributed by atoms with Crippen LogP contribution >= 0.6 is 0 Å². The summed E-state index contributed by atoms with van der Waals surface area (Å²) in [4.78, 5) is 0. The van der Waals surface area contributed by atoms with Crippen LogP contribution < -0.4 is 0 Å². The summed E-state index contributed by atoms with van der Waals surface area (Å²) in [5.41, 5.74) is 4.26. The molecule has 1 heteroatoms. The van der Waals surface area contributed by atoms with Crippen LogP contribution in [0.2, 0.25) is 0 Å². The number of fused-ring (bicyclic) bond motifs is 5. The zero-order valence-electron chi connectivity index (χ0n) is 21.9. The van der Waals surface area contributed by atoms with Gasteiger partial charge in [-0.15, -0.1) is 0 Å². The lowest BCUT2D eigenvalue weighted by atomic mass is 9.63. The summed E-state index contributed by atoms with van der Waals surface area (Å²) >= 11 is 0. The minimum absolute atomic E-state index is 0.694. The number of hydrogen-bond acceptors (Lipinski definition) is 1. The normalized spacial score (nSPS) is 34.3. The molecule has 0 saturated heterocycles. The molecular formula is C29H54O. The second-order valence-electron chi connectivity index (χ2n) is 9.54. The molecule has 0 N–H and O–H groups in total. The van der Waals surface area contributed by atoms with E-state index in [-0.39, 0.29) is 0 Å². The van der Waals surface area contributed by atoms with Crippen molar-refractivity contribution in [2.75, 3.05) is 13.2 Å². The first kappa shape index (κ1) is 27.5. The van der Waals surface area contributed by atoms with Crippen molar-refractivity contribution in [3.63, 3.8) is 0 Å². The summed E-state index contributed by atoms with van der Waals surface area (Å²) in [7, 11) is 0. The van der Waals surface area contributed by atoms with Gasteiger partial charge in [-0.2, -0.15) is 0 Å². The van der Waals surface area contributed by atoms with E-state index in [0.717, 1.165) is 36.9 Å². The van der Waals surface area contributed by atoms with Gasteiger partial charge < -0.3 is 4.74 Å². The van der Waals surface area contributed by atoms with Crippen molar-refractivity contribution in [1.82, 2.24) is 0 Å². The van der Waals surface area contributed by atoms with Gasteiger partial charge in [0.2, 0.25) is 0 Å². The van der Waals surface area contributed by atoms with Crippen molar-refractivity contribution < 1.29 is 4.74 Å². The Morgan fingerprint density at radius 3 is 2.17 bits per heavy atom. The topological polar surface area (TPSA) is 9.23 Å². The third-order valence-electron chi connectivity index (χ3n) is 7.85.